The molecule has 21 heavy (non-hydrogen) atoms. The zero-order valence-corrected chi connectivity index (χ0v) is 13.6. The van der Waals surface area contributed by atoms with E-state index in [1.54, 1.807) is 4.31 Å². The molecular formula is C14H22N2O3S2. The number of nitrogen functional groups attached to an aromatic ring is 1. The second kappa shape index (κ2) is 7.49. The lowest BCUT2D eigenvalue weighted by Gasteiger charge is -2.30. The summed E-state index contributed by atoms with van der Waals surface area (Å²) in [6, 6.07) is 7.46. The molecule has 1 fully saturated rings. The second-order valence-corrected chi connectivity index (χ2v) is 8.52. The Bertz CT molecular complexity index is 555. The molecule has 1 heterocycles. The van der Waals surface area contributed by atoms with E-state index in [1.807, 2.05) is 24.3 Å². The quantitative estimate of drug-likeness (QED) is 0.608. The Morgan fingerprint density at radius 3 is 2.67 bits per heavy atom. The smallest absolute Gasteiger partial charge is 0.214 e. The molecule has 0 radical (unpaired) electrons. The molecule has 5 nitrogen and oxygen atoms in total. The Kier molecular flexibility index (Phi) is 5.92. The number of nitrogens with zero attached hydrogens (tertiary/aromatic N) is 1. The molecule has 0 bridgehead atoms. The Morgan fingerprint density at radius 2 is 2.05 bits per heavy atom. The molecule has 2 rings (SSSR count). The van der Waals surface area contributed by atoms with Gasteiger partial charge in [0.1, 0.15) is 0 Å². The normalized spacial score (nSPS) is 18.0. The average molecular weight is 330 g/mol. The van der Waals surface area contributed by atoms with Crippen molar-refractivity contribution in [3.05, 3.63) is 24.3 Å². The van der Waals surface area contributed by atoms with Crippen LogP contribution in [0.25, 0.3) is 0 Å². The van der Waals surface area contributed by atoms with Gasteiger partial charge in [0, 0.05) is 36.0 Å². The van der Waals surface area contributed by atoms with Gasteiger partial charge in [0.2, 0.25) is 10.0 Å². The highest BCUT2D eigenvalue weighted by Gasteiger charge is 2.27. The zero-order chi connectivity index (χ0) is 15.3. The summed E-state index contributed by atoms with van der Waals surface area (Å²) in [5.74, 6) is 0.903. The fourth-order valence-electron chi connectivity index (χ4n) is 2.37. The molecule has 0 saturated carbocycles. The monoisotopic (exact) mass is 330 g/mol. The summed E-state index contributed by atoms with van der Waals surface area (Å²) in [5.41, 5.74) is 6.39. The molecular weight excluding hydrogens is 308 g/mol. The third-order valence-electron chi connectivity index (χ3n) is 3.69. The molecule has 0 spiro atoms. The molecule has 1 saturated heterocycles. The van der Waals surface area contributed by atoms with Gasteiger partial charge >= 0.3 is 0 Å². The van der Waals surface area contributed by atoms with Gasteiger partial charge in [-0.2, -0.15) is 0 Å². The Balaban J connectivity index is 1.82. The molecule has 7 heteroatoms. The minimum atomic E-state index is -3.20. The van der Waals surface area contributed by atoms with E-state index in [-0.39, 0.29) is 18.3 Å². The van der Waals surface area contributed by atoms with Crippen molar-refractivity contribution in [3.8, 4) is 0 Å². The number of rotatable bonds is 6. The van der Waals surface area contributed by atoms with Crippen LogP contribution in [0, 0.1) is 5.92 Å². The maximum atomic E-state index is 12.3. The topological polar surface area (TPSA) is 83.6 Å². The summed E-state index contributed by atoms with van der Waals surface area (Å²) < 4.78 is 26.1. The summed E-state index contributed by atoms with van der Waals surface area (Å²) in [6.07, 6.45) is 1.50. The first-order chi connectivity index (χ1) is 10.0. The first kappa shape index (κ1) is 16.6. The summed E-state index contributed by atoms with van der Waals surface area (Å²) in [6.45, 7) is 1.20. The number of nitrogens with two attached hydrogens (primary N) is 1. The minimum absolute atomic E-state index is 0.135. The van der Waals surface area contributed by atoms with Gasteiger partial charge in [-0.25, -0.2) is 12.7 Å². The fourth-order valence-corrected chi connectivity index (χ4v) is 5.20. The van der Waals surface area contributed by atoms with Gasteiger partial charge in [-0.15, -0.1) is 11.8 Å². The summed E-state index contributed by atoms with van der Waals surface area (Å²) in [4.78, 5) is 0.990. The van der Waals surface area contributed by atoms with Crippen LogP contribution < -0.4 is 5.73 Å². The van der Waals surface area contributed by atoms with Gasteiger partial charge < -0.3 is 10.8 Å². The number of anilines is 1. The lowest BCUT2D eigenvalue weighted by molar-refractivity contribution is 0.170. The van der Waals surface area contributed by atoms with Crippen LogP contribution in [0.15, 0.2) is 29.2 Å². The van der Waals surface area contributed by atoms with Crippen LogP contribution in [0.1, 0.15) is 12.8 Å². The number of benzene rings is 1. The van der Waals surface area contributed by atoms with Crippen molar-refractivity contribution in [3.63, 3.8) is 0 Å². The van der Waals surface area contributed by atoms with Gasteiger partial charge in [-0.3, -0.25) is 0 Å². The van der Waals surface area contributed by atoms with Crippen molar-refractivity contribution in [1.82, 2.24) is 4.31 Å². The summed E-state index contributed by atoms with van der Waals surface area (Å²) in [7, 11) is -3.20. The summed E-state index contributed by atoms with van der Waals surface area (Å²) in [5, 5.41) is 9.09. The van der Waals surface area contributed by atoms with Gasteiger partial charge in [0.25, 0.3) is 0 Å². The average Bonchev–Trinajstić information content (AvgIpc) is 2.47. The second-order valence-electron chi connectivity index (χ2n) is 5.26. The van der Waals surface area contributed by atoms with Gasteiger partial charge in [0.15, 0.2) is 0 Å². The number of sulfonamides is 1. The Morgan fingerprint density at radius 1 is 1.33 bits per heavy atom. The maximum absolute atomic E-state index is 12.3. The molecule has 0 aromatic heterocycles. The first-order valence-electron chi connectivity index (χ1n) is 7.08. The highest BCUT2D eigenvalue weighted by atomic mass is 32.2. The minimum Gasteiger partial charge on any atom is -0.399 e. The number of piperidine rings is 1. The van der Waals surface area contributed by atoms with Gasteiger partial charge in [-0.1, -0.05) is 6.07 Å². The number of thioether (sulfide) groups is 1. The largest absolute Gasteiger partial charge is 0.399 e. The van der Waals surface area contributed by atoms with Gasteiger partial charge in [0.05, 0.1) is 5.75 Å². The zero-order valence-electron chi connectivity index (χ0n) is 11.9. The van der Waals surface area contributed by atoms with Crippen molar-refractivity contribution in [2.24, 2.45) is 5.92 Å². The molecule has 1 aromatic carbocycles. The van der Waals surface area contributed by atoms with Crippen molar-refractivity contribution >= 4 is 27.5 Å². The van der Waals surface area contributed by atoms with Gasteiger partial charge in [-0.05, 0) is 37.0 Å². The predicted molar refractivity (Wildman–Crippen MR) is 86.7 cm³/mol. The van der Waals surface area contributed by atoms with Crippen molar-refractivity contribution in [1.29, 1.82) is 0 Å². The van der Waals surface area contributed by atoms with E-state index in [0.29, 0.717) is 24.5 Å². The molecule has 0 amide bonds. The van der Waals surface area contributed by atoms with Crippen LogP contribution >= 0.6 is 11.8 Å². The number of aliphatic hydroxyl groups is 1. The standard InChI is InChI=1S/C14H22N2O3S2/c15-13-2-1-3-14(10-13)20-8-9-21(18,19)16-6-4-12(11-17)5-7-16/h1-3,10,12,17H,4-9,11,15H2. The van der Waals surface area contributed by atoms with E-state index in [4.69, 9.17) is 10.8 Å². The SMILES string of the molecule is Nc1cccc(SCCS(=O)(=O)N2CCC(CO)CC2)c1. The van der Waals surface area contributed by atoms with E-state index in [2.05, 4.69) is 0 Å². The Hall–Kier alpha value is -0.760. The molecule has 1 aliphatic rings. The van der Waals surface area contributed by atoms with Crippen LogP contribution in [-0.2, 0) is 10.0 Å². The highest BCUT2D eigenvalue weighted by molar-refractivity contribution is 8.00. The number of aliphatic hydroxyl groups excluding tert-OH is 1. The molecule has 0 unspecified atom stereocenters. The van der Waals surface area contributed by atoms with Crippen LogP contribution in [0.2, 0.25) is 0 Å². The molecule has 3 N–H and O–H groups in total. The van der Waals surface area contributed by atoms with E-state index in [1.165, 1.54) is 11.8 Å². The Labute approximate surface area is 130 Å². The predicted octanol–water partition coefficient (Wildman–Crippen LogP) is 1.39. The van der Waals surface area contributed by atoms with Crippen LogP contribution in [-0.4, -0.2) is 49.0 Å². The maximum Gasteiger partial charge on any atom is 0.214 e. The summed E-state index contributed by atoms with van der Waals surface area (Å²) >= 11 is 1.50. The third-order valence-corrected chi connectivity index (χ3v) is 6.82. The molecule has 0 atom stereocenters. The molecule has 118 valence electrons. The highest BCUT2D eigenvalue weighted by Crippen LogP contribution is 2.23. The van der Waals surface area contributed by atoms with Crippen molar-refractivity contribution in [2.45, 2.75) is 17.7 Å². The molecule has 1 aromatic rings. The van der Waals surface area contributed by atoms with Crippen molar-refractivity contribution < 1.29 is 13.5 Å². The third kappa shape index (κ3) is 4.88. The van der Waals surface area contributed by atoms with E-state index >= 15 is 0 Å². The fraction of sp³-hybridized carbons (Fsp3) is 0.571. The van der Waals surface area contributed by atoms with Crippen LogP contribution in [0.3, 0.4) is 0 Å². The molecule has 1 aliphatic heterocycles. The van der Waals surface area contributed by atoms with E-state index < -0.39 is 10.0 Å². The lowest BCUT2D eigenvalue weighted by Crippen LogP contribution is -2.40. The van der Waals surface area contributed by atoms with Crippen molar-refractivity contribution in [2.75, 3.05) is 36.9 Å². The van der Waals surface area contributed by atoms with E-state index in [0.717, 1.165) is 17.7 Å². The van der Waals surface area contributed by atoms with Crippen LogP contribution in [0.4, 0.5) is 5.69 Å². The number of hydrogen-bond acceptors (Lipinski definition) is 5. The first-order valence-corrected chi connectivity index (χ1v) is 9.68. The van der Waals surface area contributed by atoms with E-state index in [9.17, 15) is 8.42 Å². The number of hydrogen-bond donors (Lipinski definition) is 2. The molecule has 0 aliphatic carbocycles. The van der Waals surface area contributed by atoms with Crippen LogP contribution in [0.5, 0.6) is 0 Å². The lowest BCUT2D eigenvalue weighted by atomic mass is 10.00.